The Hall–Kier alpha value is -1.53. The van der Waals surface area contributed by atoms with Crippen LogP contribution >= 0.6 is 27.5 Å². The van der Waals surface area contributed by atoms with E-state index in [9.17, 15) is 0 Å². The third-order valence-electron chi connectivity index (χ3n) is 2.77. The molecule has 0 bridgehead atoms. The summed E-state index contributed by atoms with van der Waals surface area (Å²) in [6.07, 6.45) is 1.71. The summed E-state index contributed by atoms with van der Waals surface area (Å²) in [6.45, 7) is 2.96. The van der Waals surface area contributed by atoms with E-state index in [1.165, 1.54) is 0 Å². The van der Waals surface area contributed by atoms with Gasteiger partial charge in [-0.3, -0.25) is 0 Å². The van der Waals surface area contributed by atoms with Gasteiger partial charge in [0.1, 0.15) is 5.82 Å². The van der Waals surface area contributed by atoms with Gasteiger partial charge in [0.15, 0.2) is 17.3 Å². The number of halogens is 2. The second kappa shape index (κ2) is 5.46. The number of rotatable bonds is 3. The van der Waals surface area contributed by atoms with Crippen molar-refractivity contribution in [2.24, 2.45) is 0 Å². The molecule has 0 aliphatic carbocycles. The number of hydrogen-bond acceptors (Lipinski definition) is 5. The highest BCUT2D eigenvalue weighted by Crippen LogP contribution is 2.41. The predicted octanol–water partition coefficient (Wildman–Crippen LogP) is 3.72. The summed E-state index contributed by atoms with van der Waals surface area (Å²) >= 11 is 9.58. The molecule has 0 radical (unpaired) electrons. The quantitative estimate of drug-likeness (QED) is 0.908. The summed E-state index contributed by atoms with van der Waals surface area (Å²) < 4.78 is 11.5. The summed E-state index contributed by atoms with van der Waals surface area (Å²) in [5.74, 6) is 2.50. The van der Waals surface area contributed by atoms with Crippen LogP contribution in [0.1, 0.15) is 6.92 Å². The monoisotopic (exact) mass is 355 g/mol. The summed E-state index contributed by atoms with van der Waals surface area (Å²) in [5.41, 5.74) is 0.783. The maximum atomic E-state index is 6.17. The lowest BCUT2D eigenvalue weighted by Gasteiger charge is -2.08. The van der Waals surface area contributed by atoms with Crippen molar-refractivity contribution >= 4 is 33.3 Å². The molecule has 1 aromatic heterocycles. The number of nitrogens with one attached hydrogen (secondary N) is 1. The normalized spacial score (nSPS) is 12.6. The van der Waals surface area contributed by atoms with Crippen molar-refractivity contribution in [3.63, 3.8) is 0 Å². The smallest absolute Gasteiger partial charge is 0.231 e. The number of benzene rings is 1. The maximum absolute atomic E-state index is 6.17. The van der Waals surface area contributed by atoms with Crippen LogP contribution in [-0.2, 0) is 0 Å². The molecule has 1 aromatic carbocycles. The van der Waals surface area contributed by atoms with Crippen LogP contribution in [0.15, 0.2) is 22.8 Å². The molecule has 5 nitrogen and oxygen atoms in total. The van der Waals surface area contributed by atoms with Crippen molar-refractivity contribution in [2.75, 3.05) is 18.7 Å². The highest BCUT2D eigenvalue weighted by molar-refractivity contribution is 9.10. The Labute approximate surface area is 129 Å². The number of nitrogens with zero attached hydrogens (tertiary/aromatic N) is 2. The Morgan fingerprint density at radius 2 is 2.25 bits per heavy atom. The van der Waals surface area contributed by atoms with Gasteiger partial charge in [0.2, 0.25) is 6.79 Å². The molecule has 1 N–H and O–H groups in total. The molecular weight excluding hydrogens is 346 g/mol. The highest BCUT2D eigenvalue weighted by atomic mass is 79.9. The summed E-state index contributed by atoms with van der Waals surface area (Å²) in [7, 11) is 0. The maximum Gasteiger partial charge on any atom is 0.231 e. The lowest BCUT2D eigenvalue weighted by atomic mass is 10.2. The Bertz CT molecular complexity index is 666. The number of fused-ring (bicyclic) bond motifs is 1. The highest BCUT2D eigenvalue weighted by Gasteiger charge is 2.20. The van der Waals surface area contributed by atoms with Crippen molar-refractivity contribution < 1.29 is 9.47 Å². The third-order valence-corrected chi connectivity index (χ3v) is 3.63. The van der Waals surface area contributed by atoms with Gasteiger partial charge < -0.3 is 14.8 Å². The molecule has 0 fully saturated rings. The van der Waals surface area contributed by atoms with Gasteiger partial charge in [0.05, 0.1) is 9.50 Å². The van der Waals surface area contributed by atoms with E-state index in [-0.39, 0.29) is 6.79 Å². The van der Waals surface area contributed by atoms with Crippen LogP contribution in [0.25, 0.3) is 11.4 Å². The van der Waals surface area contributed by atoms with Gasteiger partial charge in [-0.1, -0.05) is 11.6 Å². The van der Waals surface area contributed by atoms with Crippen LogP contribution < -0.4 is 14.8 Å². The zero-order chi connectivity index (χ0) is 14.1. The van der Waals surface area contributed by atoms with Gasteiger partial charge in [0, 0.05) is 18.3 Å². The largest absolute Gasteiger partial charge is 0.454 e. The molecule has 20 heavy (non-hydrogen) atoms. The van der Waals surface area contributed by atoms with Crippen molar-refractivity contribution in [1.29, 1.82) is 0 Å². The van der Waals surface area contributed by atoms with Crippen LogP contribution in [-0.4, -0.2) is 23.3 Å². The molecule has 1 aliphatic heterocycles. The zero-order valence-electron chi connectivity index (χ0n) is 10.6. The fourth-order valence-corrected chi connectivity index (χ4v) is 2.49. The fourth-order valence-electron chi connectivity index (χ4n) is 1.89. The molecule has 1 aliphatic rings. The number of aromatic nitrogens is 2. The molecule has 3 rings (SSSR count). The summed E-state index contributed by atoms with van der Waals surface area (Å²) in [4.78, 5) is 8.78. The Morgan fingerprint density at radius 3 is 3.05 bits per heavy atom. The van der Waals surface area contributed by atoms with Gasteiger partial charge >= 0.3 is 0 Å². The van der Waals surface area contributed by atoms with Crippen LogP contribution in [0.2, 0.25) is 5.02 Å². The van der Waals surface area contributed by atoms with Gasteiger partial charge in [-0.2, -0.15) is 0 Å². The van der Waals surface area contributed by atoms with Gasteiger partial charge in [-0.25, -0.2) is 9.97 Å². The van der Waals surface area contributed by atoms with Crippen molar-refractivity contribution in [3.05, 3.63) is 27.8 Å². The van der Waals surface area contributed by atoms with Crippen molar-refractivity contribution in [1.82, 2.24) is 9.97 Å². The summed E-state index contributed by atoms with van der Waals surface area (Å²) in [5, 5.41) is 3.66. The van der Waals surface area contributed by atoms with Crippen molar-refractivity contribution in [2.45, 2.75) is 6.92 Å². The molecule has 0 atom stereocenters. The first-order valence-corrected chi connectivity index (χ1v) is 7.22. The van der Waals surface area contributed by atoms with Crippen LogP contribution in [0.3, 0.4) is 0 Å². The molecule has 0 unspecified atom stereocenters. The molecule has 0 saturated heterocycles. The third kappa shape index (κ3) is 2.41. The van der Waals surface area contributed by atoms with E-state index in [1.54, 1.807) is 12.3 Å². The van der Waals surface area contributed by atoms with E-state index in [4.69, 9.17) is 21.1 Å². The minimum atomic E-state index is 0.183. The van der Waals surface area contributed by atoms with E-state index in [1.807, 2.05) is 13.0 Å². The minimum absolute atomic E-state index is 0.183. The lowest BCUT2D eigenvalue weighted by Crippen LogP contribution is -2.02. The van der Waals surface area contributed by atoms with E-state index < -0.39 is 0 Å². The second-order valence-corrected chi connectivity index (χ2v) is 5.37. The standard InChI is InChI=1S/C13H11BrClN3O2/c1-2-16-13-8(14)5-17-12(18-13)7-3-9(15)11-10(4-7)19-6-20-11/h3-5H,2,6H2,1H3,(H,16,17,18). The first-order valence-electron chi connectivity index (χ1n) is 6.05. The minimum Gasteiger partial charge on any atom is -0.454 e. The topological polar surface area (TPSA) is 56.3 Å². The average molecular weight is 357 g/mol. The molecule has 0 saturated carbocycles. The van der Waals surface area contributed by atoms with Crippen molar-refractivity contribution in [3.8, 4) is 22.9 Å². The Balaban J connectivity index is 2.05. The molecule has 0 amide bonds. The van der Waals surface area contributed by atoms with E-state index >= 15 is 0 Å². The van der Waals surface area contributed by atoms with Gasteiger partial charge in [-0.15, -0.1) is 0 Å². The lowest BCUT2D eigenvalue weighted by molar-refractivity contribution is 0.174. The Morgan fingerprint density at radius 1 is 1.40 bits per heavy atom. The van der Waals surface area contributed by atoms with Crippen LogP contribution in [0.4, 0.5) is 5.82 Å². The molecule has 7 heteroatoms. The first kappa shape index (κ1) is 13.5. The van der Waals surface area contributed by atoms with E-state index in [2.05, 4.69) is 31.2 Å². The number of anilines is 1. The summed E-state index contributed by atoms with van der Waals surface area (Å²) in [6, 6.07) is 3.60. The predicted molar refractivity (Wildman–Crippen MR) is 80.5 cm³/mol. The van der Waals surface area contributed by atoms with Crippen LogP contribution in [0.5, 0.6) is 11.5 Å². The van der Waals surface area contributed by atoms with Gasteiger partial charge in [-0.05, 0) is 35.0 Å². The van der Waals surface area contributed by atoms with E-state index in [0.29, 0.717) is 22.3 Å². The average Bonchev–Trinajstić information content (AvgIpc) is 2.90. The number of hydrogen-bond donors (Lipinski definition) is 1. The SMILES string of the molecule is CCNc1nc(-c2cc(Cl)c3c(c2)OCO3)ncc1Br. The zero-order valence-corrected chi connectivity index (χ0v) is 13.0. The van der Waals surface area contributed by atoms with Gasteiger partial charge in [0.25, 0.3) is 0 Å². The fraction of sp³-hybridized carbons (Fsp3) is 0.231. The number of ether oxygens (including phenoxy) is 2. The molecule has 104 valence electrons. The molecule has 2 aromatic rings. The second-order valence-electron chi connectivity index (χ2n) is 4.11. The van der Waals surface area contributed by atoms with E-state index in [0.717, 1.165) is 22.4 Å². The van der Waals surface area contributed by atoms with Crippen LogP contribution in [0, 0.1) is 0 Å². The first-order chi connectivity index (χ1) is 9.69. The molecule has 0 spiro atoms. The molecule has 2 heterocycles. The Kier molecular flexibility index (Phi) is 3.67. The molecular formula is C13H11BrClN3O2.